The molecule has 1 aliphatic rings. The summed E-state index contributed by atoms with van der Waals surface area (Å²) in [6, 6.07) is 0. The molecular formula is C11H15N3O5S. The topological polar surface area (TPSA) is 107 Å². The second-order valence-electron chi connectivity index (χ2n) is 4.31. The fourth-order valence-corrected chi connectivity index (χ4v) is 2.92. The van der Waals surface area contributed by atoms with E-state index < -0.39 is 22.1 Å². The molecule has 1 fully saturated rings. The smallest absolute Gasteiger partial charge is 0.341 e. The molecule has 0 spiro atoms. The predicted octanol–water partition coefficient (Wildman–Crippen LogP) is 0.241. The molecule has 110 valence electrons. The number of esters is 1. The number of nitrogens with zero attached hydrogens (tertiary/aromatic N) is 2. The summed E-state index contributed by atoms with van der Waals surface area (Å²) in [5, 5.41) is -0.369. The van der Waals surface area contributed by atoms with Crippen LogP contribution in [0.15, 0.2) is 12.4 Å². The lowest BCUT2D eigenvalue weighted by Gasteiger charge is -2.13. The standard InChI is InChI=1S/C11H15N3O5S/c1-18-10(11(15)19-2)8-5-12-6-9(13-8)14-20(16,17)7-3-4-7/h5-7,10H,3-4H2,1-2H3,(H,13,14). The third-order valence-electron chi connectivity index (χ3n) is 2.78. The lowest BCUT2D eigenvalue weighted by molar-refractivity contribution is -0.152. The van der Waals surface area contributed by atoms with E-state index >= 15 is 0 Å². The van der Waals surface area contributed by atoms with Crippen LogP contribution < -0.4 is 4.72 Å². The number of aromatic nitrogens is 2. The third-order valence-corrected chi connectivity index (χ3v) is 4.63. The quantitative estimate of drug-likeness (QED) is 0.750. The van der Waals surface area contributed by atoms with E-state index in [4.69, 9.17) is 4.74 Å². The molecule has 1 atom stereocenters. The number of carbonyl (C=O) groups excluding carboxylic acids is 1. The summed E-state index contributed by atoms with van der Waals surface area (Å²) in [7, 11) is -0.877. The van der Waals surface area contributed by atoms with Gasteiger partial charge in [0.15, 0.2) is 11.9 Å². The molecule has 1 unspecified atom stereocenters. The Morgan fingerprint density at radius 2 is 2.10 bits per heavy atom. The van der Waals surface area contributed by atoms with Crippen molar-refractivity contribution in [2.45, 2.75) is 24.2 Å². The number of sulfonamides is 1. The zero-order valence-corrected chi connectivity index (χ0v) is 11.9. The first-order valence-corrected chi connectivity index (χ1v) is 7.46. The van der Waals surface area contributed by atoms with Crippen LogP contribution in [0.5, 0.6) is 0 Å². The molecule has 0 radical (unpaired) electrons. The Morgan fingerprint density at radius 1 is 1.40 bits per heavy atom. The van der Waals surface area contributed by atoms with E-state index in [-0.39, 0.29) is 16.8 Å². The summed E-state index contributed by atoms with van der Waals surface area (Å²) in [5.74, 6) is -0.579. The van der Waals surface area contributed by atoms with Gasteiger partial charge in [0.1, 0.15) is 5.69 Å². The minimum Gasteiger partial charge on any atom is -0.467 e. The molecule has 9 heteroatoms. The number of methoxy groups -OCH3 is 2. The van der Waals surface area contributed by atoms with Gasteiger partial charge in [-0.2, -0.15) is 0 Å². The maximum absolute atomic E-state index is 11.8. The molecule has 1 saturated carbocycles. The van der Waals surface area contributed by atoms with Crippen LogP contribution in [0.1, 0.15) is 24.6 Å². The minimum absolute atomic E-state index is 0.0559. The molecule has 1 heterocycles. The average molecular weight is 301 g/mol. The second-order valence-corrected chi connectivity index (χ2v) is 6.28. The van der Waals surface area contributed by atoms with E-state index in [0.29, 0.717) is 12.8 Å². The molecule has 0 aliphatic heterocycles. The van der Waals surface area contributed by atoms with E-state index in [1.54, 1.807) is 0 Å². The van der Waals surface area contributed by atoms with E-state index in [1.165, 1.54) is 26.6 Å². The lowest BCUT2D eigenvalue weighted by Crippen LogP contribution is -2.21. The molecule has 0 amide bonds. The highest BCUT2D eigenvalue weighted by Gasteiger charge is 2.36. The largest absolute Gasteiger partial charge is 0.467 e. The maximum atomic E-state index is 11.8. The van der Waals surface area contributed by atoms with Crippen molar-refractivity contribution in [1.29, 1.82) is 0 Å². The van der Waals surface area contributed by atoms with Gasteiger partial charge in [0.2, 0.25) is 10.0 Å². The number of carbonyl (C=O) groups is 1. The third kappa shape index (κ3) is 3.23. The summed E-state index contributed by atoms with van der Waals surface area (Å²) >= 11 is 0. The molecule has 1 aromatic heterocycles. The van der Waals surface area contributed by atoms with Crippen molar-refractivity contribution in [1.82, 2.24) is 9.97 Å². The van der Waals surface area contributed by atoms with Crippen LogP contribution >= 0.6 is 0 Å². The Balaban J connectivity index is 2.21. The van der Waals surface area contributed by atoms with Crippen molar-refractivity contribution in [3.63, 3.8) is 0 Å². The fourth-order valence-electron chi connectivity index (χ4n) is 1.61. The number of hydrogen-bond acceptors (Lipinski definition) is 7. The summed E-state index contributed by atoms with van der Waals surface area (Å²) in [5.41, 5.74) is 0.176. The monoisotopic (exact) mass is 301 g/mol. The SMILES string of the molecule is COC(=O)C(OC)c1cncc(NS(=O)(=O)C2CC2)n1. The van der Waals surface area contributed by atoms with Crippen molar-refractivity contribution in [3.8, 4) is 0 Å². The van der Waals surface area contributed by atoms with Gasteiger partial charge >= 0.3 is 5.97 Å². The first kappa shape index (κ1) is 14.7. The Kier molecular flexibility index (Phi) is 4.19. The Bertz CT molecular complexity index is 600. The maximum Gasteiger partial charge on any atom is 0.341 e. The highest BCUT2D eigenvalue weighted by atomic mass is 32.2. The number of ether oxygens (including phenoxy) is 2. The summed E-state index contributed by atoms with van der Waals surface area (Å²) in [4.78, 5) is 19.4. The molecule has 20 heavy (non-hydrogen) atoms. The molecule has 1 N–H and O–H groups in total. The Labute approximate surface area is 116 Å². The molecule has 0 aromatic carbocycles. The zero-order valence-electron chi connectivity index (χ0n) is 11.1. The minimum atomic E-state index is -3.42. The van der Waals surface area contributed by atoms with Crippen LogP contribution in [0, 0.1) is 0 Å². The molecule has 1 aliphatic carbocycles. The molecular weight excluding hydrogens is 286 g/mol. The fraction of sp³-hybridized carbons (Fsp3) is 0.545. The summed E-state index contributed by atoms with van der Waals surface area (Å²) in [6.45, 7) is 0. The Morgan fingerprint density at radius 3 is 2.65 bits per heavy atom. The lowest BCUT2D eigenvalue weighted by atomic mass is 10.2. The van der Waals surface area contributed by atoms with Gasteiger partial charge in [-0.1, -0.05) is 0 Å². The highest BCUT2D eigenvalue weighted by Crippen LogP contribution is 2.29. The van der Waals surface area contributed by atoms with Crippen LogP contribution in [0.3, 0.4) is 0 Å². The van der Waals surface area contributed by atoms with Gasteiger partial charge in [0.25, 0.3) is 0 Å². The van der Waals surface area contributed by atoms with Gasteiger partial charge in [-0.15, -0.1) is 0 Å². The van der Waals surface area contributed by atoms with Crippen molar-refractivity contribution < 1.29 is 22.7 Å². The predicted molar refractivity (Wildman–Crippen MR) is 69.4 cm³/mol. The van der Waals surface area contributed by atoms with Crippen LogP contribution in [0.2, 0.25) is 0 Å². The molecule has 8 nitrogen and oxygen atoms in total. The van der Waals surface area contributed by atoms with Crippen LogP contribution in [0.4, 0.5) is 5.82 Å². The first-order valence-electron chi connectivity index (χ1n) is 5.92. The normalized spacial score (nSPS) is 16.5. The number of anilines is 1. The van der Waals surface area contributed by atoms with E-state index in [1.807, 2.05) is 0 Å². The molecule has 0 saturated heterocycles. The van der Waals surface area contributed by atoms with Crippen molar-refractivity contribution >= 4 is 21.8 Å². The van der Waals surface area contributed by atoms with E-state index in [0.717, 1.165) is 0 Å². The summed E-state index contributed by atoms with van der Waals surface area (Å²) < 4.78 is 35.5. The average Bonchev–Trinajstić information content (AvgIpc) is 3.24. The number of rotatable bonds is 6. The van der Waals surface area contributed by atoms with Crippen molar-refractivity contribution in [3.05, 3.63) is 18.1 Å². The zero-order chi connectivity index (χ0) is 14.8. The molecule has 0 bridgehead atoms. The van der Waals surface area contributed by atoms with Gasteiger partial charge < -0.3 is 9.47 Å². The van der Waals surface area contributed by atoms with Gasteiger partial charge in [0.05, 0.1) is 24.8 Å². The van der Waals surface area contributed by atoms with Crippen LogP contribution in [-0.4, -0.2) is 43.8 Å². The van der Waals surface area contributed by atoms with Gasteiger partial charge in [0, 0.05) is 7.11 Å². The van der Waals surface area contributed by atoms with E-state index in [2.05, 4.69) is 19.4 Å². The number of hydrogen-bond donors (Lipinski definition) is 1. The highest BCUT2D eigenvalue weighted by molar-refractivity contribution is 7.93. The van der Waals surface area contributed by atoms with Gasteiger partial charge in [-0.25, -0.2) is 18.2 Å². The molecule has 2 rings (SSSR count). The van der Waals surface area contributed by atoms with Crippen molar-refractivity contribution in [2.24, 2.45) is 0 Å². The molecule has 1 aromatic rings. The van der Waals surface area contributed by atoms with Gasteiger partial charge in [-0.3, -0.25) is 9.71 Å². The van der Waals surface area contributed by atoms with E-state index in [9.17, 15) is 13.2 Å². The van der Waals surface area contributed by atoms with Crippen LogP contribution in [0.25, 0.3) is 0 Å². The van der Waals surface area contributed by atoms with Gasteiger partial charge in [-0.05, 0) is 12.8 Å². The number of nitrogens with one attached hydrogen (secondary N) is 1. The van der Waals surface area contributed by atoms with Crippen molar-refractivity contribution in [2.75, 3.05) is 18.9 Å². The van der Waals surface area contributed by atoms with Crippen LogP contribution in [-0.2, 0) is 24.3 Å². The summed E-state index contributed by atoms with van der Waals surface area (Å²) in [6.07, 6.45) is 2.84. The first-order chi connectivity index (χ1) is 9.47. The second kappa shape index (κ2) is 5.71. The Hall–Kier alpha value is -1.74.